The van der Waals surface area contributed by atoms with E-state index >= 15 is 0 Å². The Morgan fingerprint density at radius 2 is 2.06 bits per heavy atom. The molecule has 0 radical (unpaired) electrons. The highest BCUT2D eigenvalue weighted by molar-refractivity contribution is 5.58. The van der Waals surface area contributed by atoms with Gasteiger partial charge in [0, 0.05) is 5.69 Å². The third-order valence-electron chi connectivity index (χ3n) is 2.19. The van der Waals surface area contributed by atoms with Gasteiger partial charge in [0.05, 0.1) is 12.8 Å². The Hall–Kier alpha value is -2.37. The van der Waals surface area contributed by atoms with Gasteiger partial charge in [-0.15, -0.1) is 0 Å². The van der Waals surface area contributed by atoms with Gasteiger partial charge in [-0.1, -0.05) is 0 Å². The Morgan fingerprint density at radius 3 is 2.72 bits per heavy atom. The summed E-state index contributed by atoms with van der Waals surface area (Å²) < 4.78 is 18.7. The van der Waals surface area contributed by atoms with Crippen molar-refractivity contribution in [3.8, 4) is 5.75 Å². The fourth-order valence-electron chi connectivity index (χ4n) is 1.41. The van der Waals surface area contributed by atoms with E-state index in [2.05, 4.69) is 15.3 Å². The van der Waals surface area contributed by atoms with Crippen molar-refractivity contribution in [1.29, 1.82) is 0 Å². The number of benzene rings is 1. The van der Waals surface area contributed by atoms with Crippen LogP contribution in [0.5, 0.6) is 5.75 Å². The average Bonchev–Trinajstić information content (AvgIpc) is 2.37. The fraction of sp³-hybridized carbons (Fsp3) is 0.167. The molecule has 18 heavy (non-hydrogen) atoms. The first-order valence-corrected chi connectivity index (χ1v) is 5.47. The van der Waals surface area contributed by atoms with E-state index in [1.807, 2.05) is 6.92 Å². The molecule has 1 aromatic carbocycles. The van der Waals surface area contributed by atoms with E-state index in [-0.39, 0.29) is 11.8 Å². The van der Waals surface area contributed by atoms with E-state index in [4.69, 9.17) is 10.5 Å². The molecule has 3 N–H and O–H groups in total. The molecule has 1 heterocycles. The Morgan fingerprint density at radius 1 is 1.33 bits per heavy atom. The average molecular weight is 248 g/mol. The number of hydrogen-bond acceptors (Lipinski definition) is 5. The van der Waals surface area contributed by atoms with Crippen molar-refractivity contribution in [2.75, 3.05) is 17.7 Å². The minimum Gasteiger partial charge on any atom is -0.494 e. The number of hydrogen-bond donors (Lipinski definition) is 2. The maximum atomic E-state index is 13.4. The molecule has 5 nitrogen and oxygen atoms in total. The minimum absolute atomic E-state index is 0.0184. The second-order valence-electron chi connectivity index (χ2n) is 3.51. The summed E-state index contributed by atoms with van der Waals surface area (Å²) in [4.78, 5) is 7.33. The number of halogens is 1. The van der Waals surface area contributed by atoms with E-state index in [1.165, 1.54) is 0 Å². The van der Waals surface area contributed by atoms with Gasteiger partial charge in [-0.25, -0.2) is 9.37 Å². The molecular weight excluding hydrogens is 235 g/mol. The van der Waals surface area contributed by atoms with Crippen LogP contribution in [0.3, 0.4) is 0 Å². The predicted octanol–water partition coefficient (Wildman–Crippen LogP) is 2.34. The van der Waals surface area contributed by atoms with Crippen LogP contribution in [0.15, 0.2) is 30.5 Å². The summed E-state index contributed by atoms with van der Waals surface area (Å²) in [7, 11) is 0. The third-order valence-corrected chi connectivity index (χ3v) is 2.19. The number of anilines is 3. The first-order chi connectivity index (χ1) is 8.69. The molecule has 0 spiro atoms. The third kappa shape index (κ3) is 2.85. The molecule has 0 aliphatic rings. The molecule has 6 heteroatoms. The van der Waals surface area contributed by atoms with E-state index < -0.39 is 5.82 Å². The van der Waals surface area contributed by atoms with Crippen LogP contribution >= 0.6 is 0 Å². The SMILES string of the molecule is CCOc1ccc(Nc2nc(N)ncc2F)cc1. The van der Waals surface area contributed by atoms with E-state index in [0.29, 0.717) is 12.3 Å². The maximum Gasteiger partial charge on any atom is 0.222 e. The van der Waals surface area contributed by atoms with Crippen molar-refractivity contribution in [2.24, 2.45) is 0 Å². The van der Waals surface area contributed by atoms with Gasteiger partial charge >= 0.3 is 0 Å². The lowest BCUT2D eigenvalue weighted by atomic mass is 10.3. The molecule has 0 bridgehead atoms. The smallest absolute Gasteiger partial charge is 0.222 e. The summed E-state index contributed by atoms with van der Waals surface area (Å²) in [5.74, 6) is 0.264. The lowest BCUT2D eigenvalue weighted by Gasteiger charge is -2.08. The normalized spacial score (nSPS) is 10.1. The largest absolute Gasteiger partial charge is 0.494 e. The van der Waals surface area contributed by atoms with Gasteiger partial charge in [0.1, 0.15) is 5.75 Å². The number of ether oxygens (including phenoxy) is 1. The highest BCUT2D eigenvalue weighted by Gasteiger charge is 2.05. The summed E-state index contributed by atoms with van der Waals surface area (Å²) in [5, 5.41) is 2.82. The summed E-state index contributed by atoms with van der Waals surface area (Å²) in [6, 6.07) is 7.11. The minimum atomic E-state index is -0.557. The summed E-state index contributed by atoms with van der Waals surface area (Å²) in [6.07, 6.45) is 1.03. The van der Waals surface area contributed by atoms with Gasteiger partial charge in [0.2, 0.25) is 5.95 Å². The van der Waals surface area contributed by atoms with Gasteiger partial charge in [0.15, 0.2) is 11.6 Å². The first-order valence-electron chi connectivity index (χ1n) is 5.47. The lowest BCUT2D eigenvalue weighted by Crippen LogP contribution is -2.02. The Labute approximate surface area is 104 Å². The first kappa shape index (κ1) is 12.1. The second kappa shape index (κ2) is 5.31. The van der Waals surface area contributed by atoms with Gasteiger partial charge in [-0.05, 0) is 31.2 Å². The number of aromatic nitrogens is 2. The molecule has 0 saturated carbocycles. The second-order valence-corrected chi connectivity index (χ2v) is 3.51. The molecular formula is C12H13FN4O. The van der Waals surface area contributed by atoms with Crippen LogP contribution in [0, 0.1) is 5.82 Å². The monoisotopic (exact) mass is 248 g/mol. The zero-order valence-corrected chi connectivity index (χ0v) is 9.85. The molecule has 0 aliphatic heterocycles. The number of nitrogens with two attached hydrogens (primary N) is 1. The number of nitrogen functional groups attached to an aromatic ring is 1. The molecule has 0 saturated heterocycles. The van der Waals surface area contributed by atoms with E-state index in [1.54, 1.807) is 24.3 Å². The molecule has 0 unspecified atom stereocenters. The molecule has 2 rings (SSSR count). The van der Waals surface area contributed by atoms with Crippen molar-refractivity contribution >= 4 is 17.5 Å². The zero-order valence-electron chi connectivity index (χ0n) is 9.85. The quantitative estimate of drug-likeness (QED) is 0.868. The number of rotatable bonds is 4. The van der Waals surface area contributed by atoms with Crippen LogP contribution in [0.4, 0.5) is 21.8 Å². The zero-order chi connectivity index (χ0) is 13.0. The van der Waals surface area contributed by atoms with Gasteiger partial charge in [-0.2, -0.15) is 4.98 Å². The highest BCUT2D eigenvalue weighted by Crippen LogP contribution is 2.20. The summed E-state index contributed by atoms with van der Waals surface area (Å²) in [5.41, 5.74) is 6.09. The molecule has 2 aromatic rings. The maximum absolute atomic E-state index is 13.4. The molecule has 1 aromatic heterocycles. The van der Waals surface area contributed by atoms with E-state index in [9.17, 15) is 4.39 Å². The Bertz CT molecular complexity index is 530. The highest BCUT2D eigenvalue weighted by atomic mass is 19.1. The Kier molecular flexibility index (Phi) is 3.57. The van der Waals surface area contributed by atoms with Crippen molar-refractivity contribution in [2.45, 2.75) is 6.92 Å². The topological polar surface area (TPSA) is 73.1 Å². The van der Waals surface area contributed by atoms with Gasteiger partial charge < -0.3 is 15.8 Å². The number of nitrogens with zero attached hydrogens (tertiary/aromatic N) is 2. The van der Waals surface area contributed by atoms with Crippen LogP contribution in [-0.2, 0) is 0 Å². The van der Waals surface area contributed by atoms with Crippen LogP contribution in [-0.4, -0.2) is 16.6 Å². The van der Waals surface area contributed by atoms with E-state index in [0.717, 1.165) is 11.9 Å². The molecule has 0 atom stereocenters. The van der Waals surface area contributed by atoms with Gasteiger partial charge in [-0.3, -0.25) is 0 Å². The van der Waals surface area contributed by atoms with Gasteiger partial charge in [0.25, 0.3) is 0 Å². The Balaban J connectivity index is 2.15. The fourth-order valence-corrected chi connectivity index (χ4v) is 1.41. The standard InChI is InChI=1S/C12H13FN4O/c1-2-18-9-5-3-8(4-6-9)16-11-10(13)7-15-12(14)17-11/h3-7H,2H2,1H3,(H3,14,15,16,17). The van der Waals surface area contributed by atoms with Crippen molar-refractivity contribution in [1.82, 2.24) is 9.97 Å². The summed E-state index contributed by atoms with van der Waals surface area (Å²) >= 11 is 0. The van der Waals surface area contributed by atoms with Crippen molar-refractivity contribution in [3.05, 3.63) is 36.3 Å². The molecule has 0 amide bonds. The van der Waals surface area contributed by atoms with Crippen molar-refractivity contribution in [3.63, 3.8) is 0 Å². The van der Waals surface area contributed by atoms with Crippen molar-refractivity contribution < 1.29 is 9.13 Å². The molecule has 0 fully saturated rings. The van der Waals surface area contributed by atoms with Crippen LogP contribution < -0.4 is 15.8 Å². The number of nitrogens with one attached hydrogen (secondary N) is 1. The van der Waals surface area contributed by atoms with Crippen LogP contribution in [0.1, 0.15) is 6.92 Å². The predicted molar refractivity (Wildman–Crippen MR) is 67.3 cm³/mol. The molecule has 0 aliphatic carbocycles. The lowest BCUT2D eigenvalue weighted by molar-refractivity contribution is 0.340. The molecule has 94 valence electrons. The van der Waals surface area contributed by atoms with Crippen LogP contribution in [0.2, 0.25) is 0 Å². The summed E-state index contributed by atoms with van der Waals surface area (Å²) in [6.45, 7) is 2.51. The van der Waals surface area contributed by atoms with Crippen LogP contribution in [0.25, 0.3) is 0 Å².